The standard InChI is InChI=1S/C19H30N2O5/c1-14(12-22)20-17(23)11-15-7-4-2-3-5-9-18(24)26-13-16-8-6-10-21(16)19(15)25/h2,4,14-16,22H,3,5-13H2,1H3,(H,20,23)/t14-,15+,16-/m0/s1. The van der Waals surface area contributed by atoms with E-state index < -0.39 is 5.92 Å². The van der Waals surface area contributed by atoms with Crippen LogP contribution in [-0.4, -0.2) is 59.6 Å². The quantitative estimate of drug-likeness (QED) is 0.575. The molecule has 2 amide bonds. The Kier molecular flexibility index (Phi) is 8.09. The highest BCUT2D eigenvalue weighted by atomic mass is 16.5. The molecule has 2 heterocycles. The highest BCUT2D eigenvalue weighted by Crippen LogP contribution is 2.24. The number of aliphatic hydroxyl groups is 1. The van der Waals surface area contributed by atoms with Crippen molar-refractivity contribution in [3.8, 4) is 0 Å². The van der Waals surface area contributed by atoms with Gasteiger partial charge in [-0.05, 0) is 39.0 Å². The molecule has 0 aromatic carbocycles. The second-order valence-electron chi connectivity index (χ2n) is 7.16. The number of fused-ring (bicyclic) bond motifs is 1. The summed E-state index contributed by atoms with van der Waals surface area (Å²) in [6, 6.07) is -0.431. The first-order valence-electron chi connectivity index (χ1n) is 9.52. The van der Waals surface area contributed by atoms with Crippen molar-refractivity contribution < 1.29 is 24.2 Å². The van der Waals surface area contributed by atoms with Crippen LogP contribution >= 0.6 is 0 Å². The van der Waals surface area contributed by atoms with E-state index >= 15 is 0 Å². The summed E-state index contributed by atoms with van der Waals surface area (Å²) in [4.78, 5) is 38.8. The van der Waals surface area contributed by atoms with Crippen LogP contribution in [0.3, 0.4) is 0 Å². The van der Waals surface area contributed by atoms with E-state index in [-0.39, 0.29) is 49.5 Å². The predicted octanol–water partition coefficient (Wildman–Crippen LogP) is 1.15. The molecule has 0 aromatic heterocycles. The van der Waals surface area contributed by atoms with E-state index in [9.17, 15) is 14.4 Å². The van der Waals surface area contributed by atoms with Crippen LogP contribution in [0.4, 0.5) is 0 Å². The molecule has 0 unspecified atom stereocenters. The maximum atomic E-state index is 13.0. The van der Waals surface area contributed by atoms with Gasteiger partial charge in [-0.3, -0.25) is 14.4 Å². The third-order valence-electron chi connectivity index (χ3n) is 4.90. The summed E-state index contributed by atoms with van der Waals surface area (Å²) < 4.78 is 5.34. The van der Waals surface area contributed by atoms with Crippen molar-refractivity contribution in [3.05, 3.63) is 12.2 Å². The molecule has 0 spiro atoms. The second-order valence-corrected chi connectivity index (χ2v) is 7.16. The Labute approximate surface area is 154 Å². The number of ether oxygens (including phenoxy) is 1. The zero-order chi connectivity index (χ0) is 18.9. The monoisotopic (exact) mass is 366 g/mol. The number of nitrogens with zero attached hydrogens (tertiary/aromatic N) is 1. The fourth-order valence-corrected chi connectivity index (χ4v) is 3.41. The molecule has 2 N–H and O–H groups in total. The molecule has 2 rings (SSSR count). The summed E-state index contributed by atoms with van der Waals surface area (Å²) >= 11 is 0. The van der Waals surface area contributed by atoms with E-state index in [0.29, 0.717) is 19.4 Å². The fraction of sp³-hybridized carbons (Fsp3) is 0.737. The minimum Gasteiger partial charge on any atom is -0.463 e. The maximum absolute atomic E-state index is 13.0. The first-order chi connectivity index (χ1) is 12.5. The zero-order valence-corrected chi connectivity index (χ0v) is 15.5. The number of carbonyl (C=O) groups excluding carboxylic acids is 3. The normalized spacial score (nSPS) is 26.2. The van der Waals surface area contributed by atoms with E-state index in [0.717, 1.165) is 25.7 Å². The molecular weight excluding hydrogens is 336 g/mol. The lowest BCUT2D eigenvalue weighted by molar-refractivity contribution is -0.148. The number of allylic oxidation sites excluding steroid dienone is 2. The lowest BCUT2D eigenvalue weighted by Gasteiger charge is -2.28. The SMILES string of the molecule is C[C@@H](CO)NC(=O)C[C@H]1CC=CCCCC(=O)OC[C@@H]2CCCN2C1=O. The number of amides is 2. The molecule has 26 heavy (non-hydrogen) atoms. The Balaban J connectivity index is 2.08. The van der Waals surface area contributed by atoms with Gasteiger partial charge in [0.1, 0.15) is 6.61 Å². The summed E-state index contributed by atoms with van der Waals surface area (Å²) in [5, 5.41) is 11.8. The largest absolute Gasteiger partial charge is 0.463 e. The molecule has 2 aliphatic rings. The number of carbonyl (C=O) groups is 3. The van der Waals surface area contributed by atoms with Crippen molar-refractivity contribution in [1.82, 2.24) is 10.2 Å². The number of hydrogen-bond acceptors (Lipinski definition) is 5. The van der Waals surface area contributed by atoms with Gasteiger partial charge in [0.2, 0.25) is 11.8 Å². The third-order valence-corrected chi connectivity index (χ3v) is 4.90. The van der Waals surface area contributed by atoms with Crippen molar-refractivity contribution in [3.63, 3.8) is 0 Å². The molecule has 0 aromatic rings. The van der Waals surface area contributed by atoms with Crippen LogP contribution in [0.2, 0.25) is 0 Å². The first-order valence-corrected chi connectivity index (χ1v) is 9.52. The van der Waals surface area contributed by atoms with Gasteiger partial charge in [-0.25, -0.2) is 0 Å². The van der Waals surface area contributed by atoms with Crippen molar-refractivity contribution in [1.29, 1.82) is 0 Å². The zero-order valence-electron chi connectivity index (χ0n) is 15.5. The molecule has 2 aliphatic heterocycles. The Morgan fingerprint density at radius 1 is 1.38 bits per heavy atom. The van der Waals surface area contributed by atoms with Gasteiger partial charge in [0.25, 0.3) is 0 Å². The van der Waals surface area contributed by atoms with Crippen molar-refractivity contribution >= 4 is 17.8 Å². The molecular formula is C19H30N2O5. The molecule has 0 aliphatic carbocycles. The van der Waals surface area contributed by atoms with Crippen LogP contribution in [-0.2, 0) is 19.1 Å². The molecule has 1 fully saturated rings. The van der Waals surface area contributed by atoms with Crippen LogP contribution in [0.25, 0.3) is 0 Å². The van der Waals surface area contributed by atoms with Gasteiger partial charge in [-0.1, -0.05) is 12.2 Å². The van der Waals surface area contributed by atoms with E-state index in [1.807, 2.05) is 12.2 Å². The number of esters is 1. The highest BCUT2D eigenvalue weighted by molar-refractivity contribution is 5.86. The Hall–Kier alpha value is -1.89. The van der Waals surface area contributed by atoms with Gasteiger partial charge in [-0.2, -0.15) is 0 Å². The molecule has 7 nitrogen and oxygen atoms in total. The van der Waals surface area contributed by atoms with Crippen LogP contribution < -0.4 is 5.32 Å². The molecule has 1 saturated heterocycles. The molecule has 146 valence electrons. The summed E-state index contributed by atoms with van der Waals surface area (Å²) in [6.07, 6.45) is 8.03. The Morgan fingerprint density at radius 2 is 2.19 bits per heavy atom. The van der Waals surface area contributed by atoms with Gasteiger partial charge in [0.05, 0.1) is 18.6 Å². The van der Waals surface area contributed by atoms with Gasteiger partial charge in [0, 0.05) is 25.4 Å². The minimum absolute atomic E-state index is 0.0563. The number of hydrogen-bond donors (Lipinski definition) is 2. The van der Waals surface area contributed by atoms with E-state index in [1.165, 1.54) is 0 Å². The van der Waals surface area contributed by atoms with Gasteiger partial charge in [0.15, 0.2) is 0 Å². The van der Waals surface area contributed by atoms with Crippen molar-refractivity contribution in [2.45, 2.75) is 64.0 Å². The summed E-state index contributed by atoms with van der Waals surface area (Å²) in [5.41, 5.74) is 0. The van der Waals surface area contributed by atoms with Crippen LogP contribution in [0.15, 0.2) is 12.2 Å². The van der Waals surface area contributed by atoms with Gasteiger partial charge in [-0.15, -0.1) is 0 Å². The number of aliphatic hydroxyl groups excluding tert-OH is 1. The number of nitrogens with one attached hydrogen (secondary N) is 1. The summed E-state index contributed by atoms with van der Waals surface area (Å²) in [5.74, 6) is -0.941. The van der Waals surface area contributed by atoms with Crippen LogP contribution in [0.1, 0.15) is 51.9 Å². The van der Waals surface area contributed by atoms with Gasteiger partial charge >= 0.3 is 5.97 Å². The Bertz CT molecular complexity index is 534. The van der Waals surface area contributed by atoms with E-state index in [2.05, 4.69) is 5.32 Å². The van der Waals surface area contributed by atoms with Gasteiger partial charge < -0.3 is 20.1 Å². The fourth-order valence-electron chi connectivity index (χ4n) is 3.41. The minimum atomic E-state index is -0.436. The van der Waals surface area contributed by atoms with Crippen molar-refractivity contribution in [2.24, 2.45) is 5.92 Å². The lowest BCUT2D eigenvalue weighted by Crippen LogP contribution is -2.44. The third kappa shape index (κ3) is 6.12. The molecule has 3 atom stereocenters. The topological polar surface area (TPSA) is 95.9 Å². The molecule has 0 bridgehead atoms. The number of cyclic esters (lactones) is 1. The smallest absolute Gasteiger partial charge is 0.305 e. The summed E-state index contributed by atoms with van der Waals surface area (Å²) in [6.45, 7) is 2.45. The van der Waals surface area contributed by atoms with Crippen molar-refractivity contribution in [2.75, 3.05) is 19.8 Å². The average Bonchev–Trinajstić information content (AvgIpc) is 3.08. The Morgan fingerprint density at radius 3 is 2.96 bits per heavy atom. The molecule has 0 saturated carbocycles. The summed E-state index contributed by atoms with van der Waals surface area (Å²) in [7, 11) is 0. The highest BCUT2D eigenvalue weighted by Gasteiger charge is 2.34. The van der Waals surface area contributed by atoms with Crippen LogP contribution in [0.5, 0.6) is 0 Å². The maximum Gasteiger partial charge on any atom is 0.305 e. The number of rotatable bonds is 4. The molecule has 7 heteroatoms. The molecule has 0 radical (unpaired) electrons. The average molecular weight is 366 g/mol. The first kappa shape index (κ1) is 20.4. The predicted molar refractivity (Wildman–Crippen MR) is 96.1 cm³/mol. The second kappa shape index (κ2) is 10.3. The van der Waals surface area contributed by atoms with E-state index in [1.54, 1.807) is 11.8 Å². The van der Waals surface area contributed by atoms with Crippen LogP contribution in [0, 0.1) is 5.92 Å². The van der Waals surface area contributed by atoms with E-state index in [4.69, 9.17) is 9.84 Å². The lowest BCUT2D eigenvalue weighted by atomic mass is 9.97.